The molecule has 34 heavy (non-hydrogen) atoms. The van der Waals surface area contributed by atoms with Crippen molar-refractivity contribution < 1.29 is 17.6 Å². The van der Waals surface area contributed by atoms with Gasteiger partial charge in [0.25, 0.3) is 0 Å². The number of anilines is 2. The third-order valence-electron chi connectivity index (χ3n) is 5.29. The molecule has 2 N–H and O–H groups in total. The number of hydrogen-bond acceptors (Lipinski definition) is 10. The first-order valence-corrected chi connectivity index (χ1v) is 13.2. The number of ether oxygens (including phenoxy) is 1. The van der Waals surface area contributed by atoms with Crippen LogP contribution in [0, 0.1) is 0 Å². The van der Waals surface area contributed by atoms with Crippen molar-refractivity contribution in [2.45, 2.75) is 10.8 Å². The van der Waals surface area contributed by atoms with Gasteiger partial charge in [-0.15, -0.1) is 0 Å². The molecule has 4 heterocycles. The average Bonchev–Trinajstić information content (AvgIpc) is 3.52. The third kappa shape index (κ3) is 4.51. The second kappa shape index (κ2) is 9.34. The van der Waals surface area contributed by atoms with Crippen LogP contribution in [0.3, 0.4) is 0 Å². The van der Waals surface area contributed by atoms with Crippen LogP contribution in [0.25, 0.3) is 21.8 Å². The molecule has 4 aromatic rings. The Morgan fingerprint density at radius 2 is 1.94 bits per heavy atom. The van der Waals surface area contributed by atoms with Gasteiger partial charge >= 0.3 is 0 Å². The first-order valence-electron chi connectivity index (χ1n) is 10.4. The Balaban J connectivity index is 1.60. The minimum Gasteiger partial charge on any atom is -0.453 e. The standard InChI is InChI=1S/C22H20ClN5O4S2/c23-18-14(13-34(29,30)17-5-2-10-32-17)3-1-4-15(18)19-20(16-6-7-25-21(24)26-16)33-22(27-19)28-8-11-31-12-9-28/h1-7,10H,8-9,11-13H2,(H2,24,25,26). The lowest BCUT2D eigenvalue weighted by molar-refractivity contribution is 0.122. The van der Waals surface area contributed by atoms with Crippen molar-refractivity contribution in [2.75, 3.05) is 36.9 Å². The number of benzene rings is 1. The van der Waals surface area contributed by atoms with Gasteiger partial charge in [0.05, 0.1) is 46.5 Å². The van der Waals surface area contributed by atoms with Crippen molar-refractivity contribution in [2.24, 2.45) is 0 Å². The van der Waals surface area contributed by atoms with Crippen molar-refractivity contribution in [3.05, 3.63) is 59.4 Å². The smallest absolute Gasteiger partial charge is 0.220 e. The van der Waals surface area contributed by atoms with Crippen LogP contribution >= 0.6 is 22.9 Å². The van der Waals surface area contributed by atoms with Crippen molar-refractivity contribution in [3.8, 4) is 21.8 Å². The fourth-order valence-electron chi connectivity index (χ4n) is 3.65. The van der Waals surface area contributed by atoms with E-state index in [1.54, 1.807) is 24.4 Å². The number of rotatable bonds is 6. The number of halogens is 1. The molecule has 1 aliphatic rings. The van der Waals surface area contributed by atoms with Crippen molar-refractivity contribution in [1.29, 1.82) is 0 Å². The molecule has 0 aliphatic carbocycles. The van der Waals surface area contributed by atoms with Crippen LogP contribution in [0.4, 0.5) is 11.1 Å². The number of thiazole rings is 1. The van der Waals surface area contributed by atoms with Crippen LogP contribution < -0.4 is 10.6 Å². The maximum atomic E-state index is 12.8. The number of sulfone groups is 1. The number of hydrogen-bond donors (Lipinski definition) is 1. The summed E-state index contributed by atoms with van der Waals surface area (Å²) in [6.45, 7) is 2.66. The Morgan fingerprint density at radius 3 is 2.68 bits per heavy atom. The molecule has 0 spiro atoms. The van der Waals surface area contributed by atoms with Crippen LogP contribution in [0.15, 0.2) is 58.4 Å². The minimum atomic E-state index is -3.70. The molecule has 9 nitrogen and oxygen atoms in total. The lowest BCUT2D eigenvalue weighted by Gasteiger charge is -2.26. The first kappa shape index (κ1) is 22.8. The summed E-state index contributed by atoms with van der Waals surface area (Å²) in [6, 6.07) is 9.98. The van der Waals surface area contributed by atoms with E-state index in [4.69, 9.17) is 31.5 Å². The number of nitrogens with zero attached hydrogens (tertiary/aromatic N) is 4. The van der Waals surface area contributed by atoms with Gasteiger partial charge in [0.15, 0.2) is 5.13 Å². The number of nitrogen functional groups attached to an aromatic ring is 1. The van der Waals surface area contributed by atoms with E-state index in [9.17, 15) is 8.42 Å². The maximum absolute atomic E-state index is 12.8. The Labute approximate surface area is 205 Å². The molecular formula is C22H20ClN5O4S2. The monoisotopic (exact) mass is 517 g/mol. The van der Waals surface area contributed by atoms with Crippen LogP contribution in [0.5, 0.6) is 0 Å². The summed E-state index contributed by atoms with van der Waals surface area (Å²) in [5.74, 6) is -0.155. The van der Waals surface area contributed by atoms with Crippen molar-refractivity contribution in [1.82, 2.24) is 15.0 Å². The fraction of sp³-hybridized carbons (Fsp3) is 0.227. The van der Waals surface area contributed by atoms with Gasteiger partial charge in [0, 0.05) is 24.8 Å². The van der Waals surface area contributed by atoms with E-state index < -0.39 is 9.84 Å². The highest BCUT2D eigenvalue weighted by molar-refractivity contribution is 7.90. The molecule has 0 amide bonds. The Kier molecular flexibility index (Phi) is 6.26. The largest absolute Gasteiger partial charge is 0.453 e. The highest BCUT2D eigenvalue weighted by Crippen LogP contribution is 2.43. The summed E-state index contributed by atoms with van der Waals surface area (Å²) >= 11 is 8.24. The van der Waals surface area contributed by atoms with Crippen LogP contribution in [0.1, 0.15) is 5.56 Å². The van der Waals surface area contributed by atoms with E-state index >= 15 is 0 Å². The van der Waals surface area contributed by atoms with Crippen LogP contribution in [-0.2, 0) is 20.3 Å². The lowest BCUT2D eigenvalue weighted by Crippen LogP contribution is -2.36. The summed E-state index contributed by atoms with van der Waals surface area (Å²) in [5.41, 5.74) is 8.11. The number of aromatic nitrogens is 3. The van der Waals surface area contributed by atoms with E-state index in [1.807, 2.05) is 6.07 Å². The summed E-state index contributed by atoms with van der Waals surface area (Å²) in [5, 5.41) is 1.00. The van der Waals surface area contributed by atoms with E-state index in [0.29, 0.717) is 53.8 Å². The molecule has 1 aliphatic heterocycles. The summed E-state index contributed by atoms with van der Waals surface area (Å²) in [6.07, 6.45) is 2.91. The highest BCUT2D eigenvalue weighted by Gasteiger charge is 2.25. The predicted molar refractivity (Wildman–Crippen MR) is 131 cm³/mol. The Hall–Kier alpha value is -2.99. The Bertz CT molecular complexity index is 1420. The average molecular weight is 518 g/mol. The van der Waals surface area contributed by atoms with Crippen molar-refractivity contribution >= 4 is 43.9 Å². The molecule has 0 radical (unpaired) electrons. The molecule has 12 heteroatoms. The molecular weight excluding hydrogens is 498 g/mol. The van der Waals surface area contributed by atoms with Gasteiger partial charge in [0.2, 0.25) is 20.9 Å². The van der Waals surface area contributed by atoms with Gasteiger partial charge in [-0.25, -0.2) is 23.4 Å². The second-order valence-corrected chi connectivity index (χ2v) is 10.8. The minimum absolute atomic E-state index is 0.102. The van der Waals surface area contributed by atoms with Crippen LogP contribution in [0.2, 0.25) is 5.02 Å². The number of furan rings is 1. The summed E-state index contributed by atoms with van der Waals surface area (Å²) in [4.78, 5) is 16.2. The summed E-state index contributed by atoms with van der Waals surface area (Å²) in [7, 11) is -3.70. The molecule has 0 unspecified atom stereocenters. The molecule has 1 aromatic carbocycles. The lowest BCUT2D eigenvalue weighted by atomic mass is 10.1. The fourth-order valence-corrected chi connectivity index (χ4v) is 6.39. The molecule has 5 rings (SSSR count). The summed E-state index contributed by atoms with van der Waals surface area (Å²) < 4.78 is 36.1. The SMILES string of the molecule is Nc1nccc(-c2sc(N3CCOCC3)nc2-c2cccc(CS(=O)(=O)c3ccco3)c2Cl)n1. The van der Waals surface area contributed by atoms with Gasteiger partial charge in [-0.1, -0.05) is 41.1 Å². The van der Waals surface area contributed by atoms with E-state index in [-0.39, 0.29) is 16.8 Å². The highest BCUT2D eigenvalue weighted by atomic mass is 35.5. The second-order valence-electron chi connectivity index (χ2n) is 7.54. The van der Waals surface area contributed by atoms with Crippen molar-refractivity contribution in [3.63, 3.8) is 0 Å². The van der Waals surface area contributed by atoms with Gasteiger partial charge in [-0.05, 0) is 23.8 Å². The van der Waals surface area contributed by atoms with E-state index in [1.165, 1.54) is 29.7 Å². The number of nitrogens with two attached hydrogens (primary N) is 1. The zero-order valence-electron chi connectivity index (χ0n) is 17.8. The topological polar surface area (TPSA) is 124 Å². The van der Waals surface area contributed by atoms with Gasteiger partial charge in [-0.3, -0.25) is 0 Å². The molecule has 0 bridgehead atoms. The quantitative estimate of drug-likeness (QED) is 0.405. The van der Waals surface area contributed by atoms with E-state index in [2.05, 4.69) is 14.9 Å². The molecule has 0 saturated carbocycles. The van der Waals surface area contributed by atoms with Gasteiger partial charge in [0.1, 0.15) is 0 Å². The molecule has 1 saturated heterocycles. The zero-order chi connectivity index (χ0) is 23.7. The third-order valence-corrected chi connectivity index (χ3v) is 8.41. The molecule has 3 aromatic heterocycles. The zero-order valence-corrected chi connectivity index (χ0v) is 20.2. The van der Waals surface area contributed by atoms with E-state index in [0.717, 1.165) is 10.0 Å². The molecule has 176 valence electrons. The number of morpholine rings is 1. The molecule has 0 atom stereocenters. The maximum Gasteiger partial charge on any atom is 0.220 e. The Morgan fingerprint density at radius 1 is 1.12 bits per heavy atom. The van der Waals surface area contributed by atoms with Crippen LogP contribution in [-0.4, -0.2) is 49.7 Å². The van der Waals surface area contributed by atoms with Gasteiger partial charge in [-0.2, -0.15) is 0 Å². The first-order chi connectivity index (χ1) is 16.4. The van der Waals surface area contributed by atoms with Gasteiger partial charge < -0.3 is 19.8 Å². The molecule has 1 fully saturated rings. The predicted octanol–water partition coefficient (Wildman–Crippen LogP) is 3.91. The normalized spacial score (nSPS) is 14.4.